The minimum absolute atomic E-state index is 0.0439. The number of fused-ring (bicyclic) bond motifs is 1. The first-order chi connectivity index (χ1) is 19.8. The lowest BCUT2D eigenvalue weighted by Crippen LogP contribution is -2.45. The van der Waals surface area contributed by atoms with Crippen LogP contribution in [0.15, 0.2) is 30.9 Å². The van der Waals surface area contributed by atoms with Crippen LogP contribution in [0.3, 0.4) is 0 Å². The van der Waals surface area contributed by atoms with Crippen molar-refractivity contribution in [1.82, 2.24) is 24.3 Å². The zero-order valence-corrected chi connectivity index (χ0v) is 24.6. The molecule has 1 aromatic carbocycles. The number of aryl methyl sites for hydroxylation is 1. The van der Waals surface area contributed by atoms with Crippen molar-refractivity contribution in [3.05, 3.63) is 42.0 Å². The number of aliphatic carboxylic acids is 1. The van der Waals surface area contributed by atoms with Gasteiger partial charge in [-0.05, 0) is 64.0 Å². The molecule has 3 heterocycles. The molecule has 0 aliphatic carbocycles. The molecule has 41 heavy (non-hydrogen) atoms. The lowest BCUT2D eigenvalue weighted by Gasteiger charge is -2.30. The summed E-state index contributed by atoms with van der Waals surface area (Å²) in [5.74, 6) is -0.938. The molecule has 1 fully saturated rings. The van der Waals surface area contributed by atoms with E-state index in [1.807, 2.05) is 27.8 Å². The number of benzene rings is 1. The van der Waals surface area contributed by atoms with Gasteiger partial charge in [0.15, 0.2) is 11.5 Å². The van der Waals surface area contributed by atoms with Crippen LogP contribution in [0.4, 0.5) is 0 Å². The molecule has 2 N–H and O–H groups in total. The van der Waals surface area contributed by atoms with E-state index in [9.17, 15) is 19.8 Å². The van der Waals surface area contributed by atoms with Crippen molar-refractivity contribution in [2.45, 2.75) is 64.1 Å². The molecule has 0 saturated carbocycles. The summed E-state index contributed by atoms with van der Waals surface area (Å²) in [5.41, 5.74) is 1.35. The molecule has 11 heteroatoms. The number of hydrogen-bond acceptors (Lipinski definition) is 8. The summed E-state index contributed by atoms with van der Waals surface area (Å²) in [4.78, 5) is 36.8. The van der Waals surface area contributed by atoms with Gasteiger partial charge >= 0.3 is 5.97 Å². The second-order valence-corrected chi connectivity index (χ2v) is 11.4. The molecule has 1 amide bonds. The van der Waals surface area contributed by atoms with Crippen molar-refractivity contribution in [2.75, 3.05) is 53.6 Å². The number of amides is 1. The Labute approximate surface area is 242 Å². The fraction of sp³-hybridized carbons (Fsp3) is 0.633. The van der Waals surface area contributed by atoms with E-state index >= 15 is 0 Å². The summed E-state index contributed by atoms with van der Waals surface area (Å²) < 4.78 is 13.1. The van der Waals surface area contributed by atoms with E-state index in [2.05, 4.69) is 35.8 Å². The van der Waals surface area contributed by atoms with Gasteiger partial charge in [-0.1, -0.05) is 13.3 Å². The van der Waals surface area contributed by atoms with Crippen LogP contribution in [0.25, 0.3) is 0 Å². The van der Waals surface area contributed by atoms with Gasteiger partial charge in [0, 0.05) is 56.1 Å². The molecule has 1 aromatic heterocycles. The quantitative estimate of drug-likeness (QED) is 0.293. The lowest BCUT2D eigenvalue weighted by atomic mass is 9.83. The van der Waals surface area contributed by atoms with Crippen LogP contribution in [0.5, 0.6) is 11.5 Å². The predicted molar refractivity (Wildman–Crippen MR) is 154 cm³/mol. The Hall–Kier alpha value is -3.15. The molecule has 0 spiro atoms. The highest BCUT2D eigenvalue weighted by atomic mass is 16.7. The Morgan fingerprint density at radius 2 is 1.90 bits per heavy atom. The minimum atomic E-state index is -0.893. The number of rotatable bonds is 16. The molecule has 226 valence electrons. The number of likely N-dealkylation sites (tertiary alicyclic amines) is 1. The number of carboxylic acids is 1. The van der Waals surface area contributed by atoms with Gasteiger partial charge in [0.05, 0.1) is 25.4 Å². The number of carbonyl (C=O) groups is 2. The van der Waals surface area contributed by atoms with Crippen LogP contribution in [-0.4, -0.2) is 106 Å². The van der Waals surface area contributed by atoms with Crippen molar-refractivity contribution < 1.29 is 29.3 Å². The monoisotopic (exact) mass is 571 g/mol. The van der Waals surface area contributed by atoms with Crippen molar-refractivity contribution in [1.29, 1.82) is 0 Å². The average Bonchev–Trinajstić information content (AvgIpc) is 3.70. The van der Waals surface area contributed by atoms with E-state index in [1.165, 1.54) is 0 Å². The van der Waals surface area contributed by atoms with E-state index in [4.69, 9.17) is 9.47 Å². The number of imidazole rings is 1. The molecule has 1 saturated heterocycles. The third-order valence-electron chi connectivity index (χ3n) is 8.20. The Bertz CT molecular complexity index is 1140. The van der Waals surface area contributed by atoms with Gasteiger partial charge < -0.3 is 34.1 Å². The maximum atomic E-state index is 13.7. The zero-order valence-electron chi connectivity index (χ0n) is 24.6. The average molecular weight is 572 g/mol. The second kappa shape index (κ2) is 14.7. The topological polar surface area (TPSA) is 121 Å². The van der Waals surface area contributed by atoms with Crippen molar-refractivity contribution in [2.24, 2.45) is 5.92 Å². The van der Waals surface area contributed by atoms with Crippen LogP contribution in [-0.2, 0) is 22.7 Å². The third-order valence-corrected chi connectivity index (χ3v) is 8.20. The molecular formula is C30H45N5O6. The lowest BCUT2D eigenvalue weighted by molar-refractivity contribution is -0.144. The van der Waals surface area contributed by atoms with Crippen LogP contribution in [0.1, 0.15) is 56.1 Å². The van der Waals surface area contributed by atoms with Gasteiger partial charge in [-0.3, -0.25) is 14.5 Å². The zero-order chi connectivity index (χ0) is 29.4. The van der Waals surface area contributed by atoms with Gasteiger partial charge in [-0.2, -0.15) is 0 Å². The summed E-state index contributed by atoms with van der Waals surface area (Å²) in [5, 5.41) is 20.5. The molecule has 0 radical (unpaired) electrons. The Balaban J connectivity index is 1.58. The van der Waals surface area contributed by atoms with Crippen LogP contribution < -0.4 is 9.47 Å². The summed E-state index contributed by atoms with van der Waals surface area (Å²) in [6.07, 6.45) is 9.74. The van der Waals surface area contributed by atoms with E-state index in [-0.39, 0.29) is 37.8 Å². The smallest absolute Gasteiger partial charge is 0.308 e. The number of ether oxygens (including phenoxy) is 2. The van der Waals surface area contributed by atoms with Crippen molar-refractivity contribution in [3.8, 4) is 11.5 Å². The predicted octanol–water partition coefficient (Wildman–Crippen LogP) is 2.63. The Morgan fingerprint density at radius 1 is 1.12 bits per heavy atom. The minimum Gasteiger partial charge on any atom is -0.481 e. The molecule has 0 bridgehead atoms. The largest absolute Gasteiger partial charge is 0.481 e. The van der Waals surface area contributed by atoms with E-state index in [0.717, 1.165) is 37.8 Å². The van der Waals surface area contributed by atoms with Gasteiger partial charge in [-0.15, -0.1) is 0 Å². The summed E-state index contributed by atoms with van der Waals surface area (Å²) in [7, 11) is 4.10. The van der Waals surface area contributed by atoms with Gasteiger partial charge in [0.25, 0.3) is 0 Å². The second-order valence-electron chi connectivity index (χ2n) is 11.4. The highest BCUT2D eigenvalue weighted by molar-refractivity contribution is 5.79. The summed E-state index contributed by atoms with van der Waals surface area (Å²) >= 11 is 0. The van der Waals surface area contributed by atoms with Gasteiger partial charge in [0.1, 0.15) is 0 Å². The molecule has 4 rings (SSSR count). The van der Waals surface area contributed by atoms with Crippen molar-refractivity contribution >= 4 is 11.9 Å². The first kappa shape index (κ1) is 30.8. The number of aromatic nitrogens is 2. The van der Waals surface area contributed by atoms with Crippen LogP contribution >= 0.6 is 0 Å². The van der Waals surface area contributed by atoms with Gasteiger partial charge in [-0.25, -0.2) is 4.98 Å². The summed E-state index contributed by atoms with van der Waals surface area (Å²) in [6.45, 7) is 5.52. The number of unbranched alkanes of at least 4 members (excludes halogenated alkanes) is 2. The fourth-order valence-corrected chi connectivity index (χ4v) is 6.04. The van der Waals surface area contributed by atoms with Gasteiger partial charge in [0.2, 0.25) is 12.7 Å². The number of carboxylic acid groups (broad SMARTS) is 1. The van der Waals surface area contributed by atoms with Crippen LogP contribution in [0, 0.1) is 5.92 Å². The third kappa shape index (κ3) is 7.78. The number of hydrogen-bond donors (Lipinski definition) is 2. The molecular weight excluding hydrogens is 526 g/mol. The highest BCUT2D eigenvalue weighted by Crippen LogP contribution is 2.44. The molecule has 3 atom stereocenters. The first-order valence-corrected chi connectivity index (χ1v) is 14.7. The maximum Gasteiger partial charge on any atom is 0.308 e. The fourth-order valence-electron chi connectivity index (χ4n) is 6.04. The molecule has 0 unspecified atom stereocenters. The van der Waals surface area contributed by atoms with Crippen molar-refractivity contribution in [3.63, 3.8) is 0 Å². The number of nitrogens with zero attached hydrogens (tertiary/aromatic N) is 5. The first-order valence-electron chi connectivity index (χ1n) is 14.7. The number of aliphatic hydroxyl groups is 1. The molecule has 2 aliphatic heterocycles. The molecule has 2 aromatic rings. The Morgan fingerprint density at radius 3 is 2.59 bits per heavy atom. The molecule has 2 aliphatic rings. The normalized spacial score (nSPS) is 20.2. The standard InChI is InChI=1S/C30H45N5O6/c1-4-5-11-34(12-7-6-10-32(2)3)27(37)18-35-17-24(22-15-23(19-36)29-26(16-22)40-21-41-29)28(30(38)39)25(35)8-13-33-14-9-31-20-33/h9,14-16,20,24-25,28,36H,4-8,10-13,17-19,21H2,1-3H3,(H,38,39)/t24-,25+,28-/m1/s1. The number of aliphatic hydroxyl groups excluding tert-OH is 1. The summed E-state index contributed by atoms with van der Waals surface area (Å²) in [6, 6.07) is 3.30. The van der Waals surface area contributed by atoms with E-state index in [1.54, 1.807) is 12.5 Å². The molecule has 11 nitrogen and oxygen atoms in total. The Kier molecular flexibility index (Phi) is 11.0. The van der Waals surface area contributed by atoms with Crippen LogP contribution in [0.2, 0.25) is 0 Å². The maximum absolute atomic E-state index is 13.7. The highest BCUT2D eigenvalue weighted by Gasteiger charge is 2.47. The number of carbonyl (C=O) groups excluding carboxylic acids is 1. The van der Waals surface area contributed by atoms with E-state index < -0.39 is 11.9 Å². The SMILES string of the molecule is CCCCN(CCCCN(C)C)C(=O)CN1C[C@H](c2cc(CO)c3c(c2)OCO3)[C@@H](C(=O)O)[C@@H]1CCn1ccnc1. The van der Waals surface area contributed by atoms with E-state index in [0.29, 0.717) is 49.7 Å².